The van der Waals surface area contributed by atoms with E-state index in [-0.39, 0.29) is 6.10 Å². The summed E-state index contributed by atoms with van der Waals surface area (Å²) in [5.41, 5.74) is 2.33. The van der Waals surface area contributed by atoms with Gasteiger partial charge in [0.05, 0.1) is 6.10 Å². The molecule has 2 rings (SSSR count). The SMILES string of the molecule is CCC(O)c1ccc(N2CCCCCC2C)cc1. The van der Waals surface area contributed by atoms with Gasteiger partial charge < -0.3 is 10.0 Å². The number of benzene rings is 1. The molecule has 1 aromatic rings. The van der Waals surface area contributed by atoms with E-state index in [0.29, 0.717) is 6.04 Å². The third-order valence-electron chi connectivity index (χ3n) is 4.05. The molecule has 1 heterocycles. The fraction of sp³-hybridized carbons (Fsp3) is 0.625. The van der Waals surface area contributed by atoms with Gasteiger partial charge in [-0.15, -0.1) is 0 Å². The Bertz CT molecular complexity index is 360. The summed E-state index contributed by atoms with van der Waals surface area (Å²) in [5, 5.41) is 9.81. The van der Waals surface area contributed by atoms with Crippen LogP contribution in [0.3, 0.4) is 0 Å². The Kier molecular flexibility index (Phi) is 4.65. The summed E-state index contributed by atoms with van der Waals surface area (Å²) in [7, 11) is 0. The molecule has 1 aromatic carbocycles. The third kappa shape index (κ3) is 3.05. The van der Waals surface area contributed by atoms with Crippen LogP contribution in [0.5, 0.6) is 0 Å². The molecule has 1 aliphatic heterocycles. The fourth-order valence-electron chi connectivity index (χ4n) is 2.78. The number of aliphatic hydroxyl groups is 1. The van der Waals surface area contributed by atoms with Gasteiger partial charge in [-0.3, -0.25) is 0 Å². The molecule has 2 atom stereocenters. The molecule has 0 aromatic heterocycles. The van der Waals surface area contributed by atoms with E-state index in [4.69, 9.17) is 0 Å². The lowest BCUT2D eigenvalue weighted by atomic mass is 10.1. The Morgan fingerprint density at radius 1 is 1.22 bits per heavy atom. The maximum atomic E-state index is 9.81. The fourth-order valence-corrected chi connectivity index (χ4v) is 2.78. The molecule has 1 saturated heterocycles. The second kappa shape index (κ2) is 6.24. The summed E-state index contributed by atoms with van der Waals surface area (Å²) >= 11 is 0. The van der Waals surface area contributed by atoms with Crippen molar-refractivity contribution in [1.29, 1.82) is 0 Å². The Morgan fingerprint density at radius 3 is 2.61 bits per heavy atom. The topological polar surface area (TPSA) is 23.5 Å². The number of nitrogens with zero attached hydrogens (tertiary/aromatic N) is 1. The second-order valence-corrected chi connectivity index (χ2v) is 5.41. The van der Waals surface area contributed by atoms with E-state index in [0.717, 1.165) is 18.5 Å². The van der Waals surface area contributed by atoms with Gasteiger partial charge in [-0.05, 0) is 43.9 Å². The zero-order valence-electron chi connectivity index (χ0n) is 11.6. The Labute approximate surface area is 111 Å². The number of hydrogen-bond donors (Lipinski definition) is 1. The van der Waals surface area contributed by atoms with Crippen LogP contribution in [0.4, 0.5) is 5.69 Å². The van der Waals surface area contributed by atoms with Crippen molar-refractivity contribution in [2.75, 3.05) is 11.4 Å². The maximum absolute atomic E-state index is 9.81. The Hall–Kier alpha value is -1.02. The zero-order valence-corrected chi connectivity index (χ0v) is 11.6. The highest BCUT2D eigenvalue weighted by Crippen LogP contribution is 2.26. The lowest BCUT2D eigenvalue weighted by molar-refractivity contribution is 0.173. The Morgan fingerprint density at radius 2 is 1.94 bits per heavy atom. The number of aliphatic hydroxyl groups excluding tert-OH is 1. The summed E-state index contributed by atoms with van der Waals surface area (Å²) in [6.45, 7) is 5.49. The summed E-state index contributed by atoms with van der Waals surface area (Å²) < 4.78 is 0. The van der Waals surface area contributed by atoms with E-state index in [2.05, 4.69) is 36.1 Å². The zero-order chi connectivity index (χ0) is 13.0. The van der Waals surface area contributed by atoms with E-state index in [1.807, 2.05) is 6.92 Å². The smallest absolute Gasteiger partial charge is 0.0787 e. The monoisotopic (exact) mass is 247 g/mol. The molecule has 2 heteroatoms. The maximum Gasteiger partial charge on any atom is 0.0787 e. The van der Waals surface area contributed by atoms with Crippen LogP contribution in [0, 0.1) is 0 Å². The highest BCUT2D eigenvalue weighted by atomic mass is 16.3. The predicted octanol–water partition coefficient (Wildman–Crippen LogP) is 3.90. The molecular weight excluding hydrogens is 222 g/mol. The number of hydrogen-bond acceptors (Lipinski definition) is 2. The van der Waals surface area contributed by atoms with Crippen LogP contribution >= 0.6 is 0 Å². The first-order valence-electron chi connectivity index (χ1n) is 7.27. The van der Waals surface area contributed by atoms with Gasteiger partial charge in [0.1, 0.15) is 0 Å². The minimum atomic E-state index is -0.319. The quantitative estimate of drug-likeness (QED) is 0.875. The van der Waals surface area contributed by atoms with Gasteiger partial charge in [0.15, 0.2) is 0 Å². The van der Waals surface area contributed by atoms with Gasteiger partial charge in [-0.2, -0.15) is 0 Å². The van der Waals surface area contributed by atoms with E-state index in [1.54, 1.807) is 0 Å². The van der Waals surface area contributed by atoms with E-state index in [9.17, 15) is 5.11 Å². The minimum Gasteiger partial charge on any atom is -0.388 e. The molecule has 100 valence electrons. The van der Waals surface area contributed by atoms with Crippen molar-refractivity contribution in [2.24, 2.45) is 0 Å². The number of anilines is 1. The highest BCUT2D eigenvalue weighted by Gasteiger charge is 2.17. The normalized spacial score (nSPS) is 22.6. The average Bonchev–Trinajstić information content (AvgIpc) is 2.63. The molecule has 2 nitrogen and oxygen atoms in total. The minimum absolute atomic E-state index is 0.319. The molecule has 18 heavy (non-hydrogen) atoms. The van der Waals surface area contributed by atoms with Crippen LogP contribution in [-0.4, -0.2) is 17.7 Å². The average molecular weight is 247 g/mol. The van der Waals surface area contributed by atoms with Crippen LogP contribution < -0.4 is 4.90 Å². The first-order valence-corrected chi connectivity index (χ1v) is 7.27. The lowest BCUT2D eigenvalue weighted by Crippen LogP contribution is -2.32. The second-order valence-electron chi connectivity index (χ2n) is 5.41. The van der Waals surface area contributed by atoms with Crippen molar-refractivity contribution < 1.29 is 5.11 Å². The molecule has 0 radical (unpaired) electrons. The van der Waals surface area contributed by atoms with Crippen LogP contribution in [0.1, 0.15) is 57.6 Å². The summed E-state index contributed by atoms with van der Waals surface area (Å²) in [4.78, 5) is 2.51. The molecule has 0 saturated carbocycles. The van der Waals surface area contributed by atoms with Crippen LogP contribution in [-0.2, 0) is 0 Å². The first-order chi connectivity index (χ1) is 8.72. The van der Waals surface area contributed by atoms with E-state index in [1.165, 1.54) is 31.4 Å². The highest BCUT2D eigenvalue weighted by molar-refractivity contribution is 5.49. The van der Waals surface area contributed by atoms with Gasteiger partial charge in [-0.25, -0.2) is 0 Å². The van der Waals surface area contributed by atoms with Gasteiger partial charge in [-0.1, -0.05) is 31.9 Å². The molecule has 1 N–H and O–H groups in total. The van der Waals surface area contributed by atoms with Crippen LogP contribution in [0.15, 0.2) is 24.3 Å². The van der Waals surface area contributed by atoms with Crippen molar-refractivity contribution in [3.05, 3.63) is 29.8 Å². The van der Waals surface area contributed by atoms with E-state index < -0.39 is 0 Å². The third-order valence-corrected chi connectivity index (χ3v) is 4.05. The van der Waals surface area contributed by atoms with Crippen molar-refractivity contribution in [2.45, 2.75) is 58.1 Å². The van der Waals surface area contributed by atoms with Gasteiger partial charge in [0, 0.05) is 18.3 Å². The Balaban J connectivity index is 2.12. The first kappa shape index (κ1) is 13.4. The van der Waals surface area contributed by atoms with E-state index >= 15 is 0 Å². The standard InChI is InChI=1S/C16H25NO/c1-3-16(18)14-8-10-15(11-9-14)17-12-6-4-5-7-13(17)2/h8-11,13,16,18H,3-7,12H2,1-2H3. The van der Waals surface area contributed by atoms with Gasteiger partial charge in [0.2, 0.25) is 0 Å². The molecule has 2 unspecified atom stereocenters. The molecule has 0 spiro atoms. The predicted molar refractivity (Wildman–Crippen MR) is 77.0 cm³/mol. The van der Waals surface area contributed by atoms with Gasteiger partial charge in [0.25, 0.3) is 0 Å². The molecule has 0 aliphatic carbocycles. The summed E-state index contributed by atoms with van der Waals surface area (Å²) in [6, 6.07) is 9.10. The van der Waals surface area contributed by atoms with Crippen molar-refractivity contribution in [3.63, 3.8) is 0 Å². The largest absolute Gasteiger partial charge is 0.388 e. The molecular formula is C16H25NO. The molecule has 0 bridgehead atoms. The van der Waals surface area contributed by atoms with Crippen LogP contribution in [0.2, 0.25) is 0 Å². The van der Waals surface area contributed by atoms with Crippen molar-refractivity contribution in [3.8, 4) is 0 Å². The van der Waals surface area contributed by atoms with Gasteiger partial charge >= 0.3 is 0 Å². The van der Waals surface area contributed by atoms with Crippen LogP contribution in [0.25, 0.3) is 0 Å². The molecule has 1 fully saturated rings. The molecule has 0 amide bonds. The lowest BCUT2D eigenvalue weighted by Gasteiger charge is -2.29. The van der Waals surface area contributed by atoms with Crippen molar-refractivity contribution >= 4 is 5.69 Å². The number of rotatable bonds is 3. The summed E-state index contributed by atoms with van der Waals surface area (Å²) in [5.74, 6) is 0. The molecule has 1 aliphatic rings. The van der Waals surface area contributed by atoms with Crippen molar-refractivity contribution in [1.82, 2.24) is 0 Å². The summed E-state index contributed by atoms with van der Waals surface area (Å²) in [6.07, 6.45) is 5.75.